The van der Waals surface area contributed by atoms with E-state index in [0.29, 0.717) is 0 Å². The second-order valence-corrected chi connectivity index (χ2v) is 4.80. The molecule has 4 nitrogen and oxygen atoms in total. The van der Waals surface area contributed by atoms with Crippen molar-refractivity contribution in [3.05, 3.63) is 23.8 Å². The van der Waals surface area contributed by atoms with Crippen LogP contribution in [0.1, 0.15) is 5.56 Å². The number of benzene rings is 1. The molecule has 1 amide bonds. The monoisotopic (exact) mass is 231 g/mol. The lowest BCUT2D eigenvalue weighted by atomic mass is 10.0. The Labute approximate surface area is 101 Å². The molecule has 2 heterocycles. The van der Waals surface area contributed by atoms with Crippen molar-refractivity contribution in [3.63, 3.8) is 0 Å². The van der Waals surface area contributed by atoms with Gasteiger partial charge >= 0.3 is 0 Å². The van der Waals surface area contributed by atoms with Crippen molar-refractivity contribution >= 4 is 17.3 Å². The minimum absolute atomic E-state index is 0.0380. The van der Waals surface area contributed by atoms with Gasteiger partial charge in [0.2, 0.25) is 0 Å². The van der Waals surface area contributed by atoms with E-state index in [1.54, 1.807) is 4.90 Å². The molecule has 1 saturated heterocycles. The Kier molecular flexibility index (Phi) is 2.33. The van der Waals surface area contributed by atoms with Crippen LogP contribution in [0.5, 0.6) is 0 Å². The maximum atomic E-state index is 12.3. The van der Waals surface area contributed by atoms with Crippen molar-refractivity contribution in [2.24, 2.45) is 0 Å². The van der Waals surface area contributed by atoms with Gasteiger partial charge < -0.3 is 15.1 Å². The fourth-order valence-electron chi connectivity index (χ4n) is 2.70. The van der Waals surface area contributed by atoms with Crippen molar-refractivity contribution in [2.75, 3.05) is 36.5 Å². The number of carbonyl (C=O) groups excluding carboxylic acids is 1. The molecular formula is C13H17N3O. The van der Waals surface area contributed by atoms with Crippen LogP contribution in [0.4, 0.5) is 11.4 Å². The van der Waals surface area contributed by atoms with E-state index in [9.17, 15) is 4.79 Å². The van der Waals surface area contributed by atoms with Gasteiger partial charge in [0, 0.05) is 26.7 Å². The van der Waals surface area contributed by atoms with Crippen LogP contribution in [-0.4, -0.2) is 38.6 Å². The maximum absolute atomic E-state index is 12.3. The molecular weight excluding hydrogens is 214 g/mol. The molecule has 0 spiro atoms. The summed E-state index contributed by atoms with van der Waals surface area (Å²) in [5.41, 5.74) is 3.41. The van der Waals surface area contributed by atoms with E-state index in [0.717, 1.165) is 25.3 Å². The normalized spacial score (nSPS) is 23.4. The number of nitrogens with zero attached hydrogens (tertiary/aromatic N) is 2. The zero-order valence-electron chi connectivity index (χ0n) is 10.2. The summed E-state index contributed by atoms with van der Waals surface area (Å²) < 4.78 is 0. The predicted molar refractivity (Wildman–Crippen MR) is 68.6 cm³/mol. The number of amides is 1. The minimum atomic E-state index is -0.0380. The number of carbonyl (C=O) groups is 1. The molecule has 4 heteroatoms. The van der Waals surface area contributed by atoms with Crippen molar-refractivity contribution in [1.29, 1.82) is 0 Å². The molecule has 1 N–H and O–H groups in total. The summed E-state index contributed by atoms with van der Waals surface area (Å²) in [5.74, 6) is 0.190. The van der Waals surface area contributed by atoms with Crippen LogP contribution in [0.15, 0.2) is 18.2 Å². The lowest BCUT2D eigenvalue weighted by molar-refractivity contribution is -0.120. The number of likely N-dealkylation sites (N-methyl/N-ethyl adjacent to an activating group) is 1. The highest BCUT2D eigenvalue weighted by Gasteiger charge is 2.37. The molecule has 1 aromatic carbocycles. The van der Waals surface area contributed by atoms with Crippen LogP contribution in [0, 0.1) is 6.92 Å². The molecule has 90 valence electrons. The third-order valence-electron chi connectivity index (χ3n) is 3.66. The first-order chi connectivity index (χ1) is 8.18. The molecule has 0 radical (unpaired) electrons. The van der Waals surface area contributed by atoms with Gasteiger partial charge in [-0.2, -0.15) is 0 Å². The van der Waals surface area contributed by atoms with Gasteiger partial charge in [0.25, 0.3) is 5.91 Å². The molecule has 1 atom stereocenters. The van der Waals surface area contributed by atoms with E-state index in [1.165, 1.54) is 11.3 Å². The van der Waals surface area contributed by atoms with Gasteiger partial charge in [-0.15, -0.1) is 0 Å². The van der Waals surface area contributed by atoms with Gasteiger partial charge in [0.15, 0.2) is 0 Å². The fraction of sp³-hybridized carbons (Fsp3) is 0.462. The second kappa shape index (κ2) is 3.74. The third kappa shape index (κ3) is 1.52. The zero-order valence-corrected chi connectivity index (χ0v) is 10.2. The van der Waals surface area contributed by atoms with Crippen molar-refractivity contribution < 1.29 is 4.79 Å². The van der Waals surface area contributed by atoms with E-state index >= 15 is 0 Å². The van der Waals surface area contributed by atoms with Gasteiger partial charge in [-0.25, -0.2) is 0 Å². The minimum Gasteiger partial charge on any atom is -0.355 e. The molecule has 1 fully saturated rings. The largest absolute Gasteiger partial charge is 0.355 e. The van der Waals surface area contributed by atoms with Gasteiger partial charge in [-0.1, -0.05) is 6.07 Å². The first kappa shape index (κ1) is 10.6. The van der Waals surface area contributed by atoms with E-state index < -0.39 is 0 Å². The Morgan fingerprint density at radius 1 is 1.35 bits per heavy atom. The molecule has 0 bridgehead atoms. The maximum Gasteiger partial charge on any atom is 0.250 e. The highest BCUT2D eigenvalue weighted by Crippen LogP contribution is 2.36. The van der Waals surface area contributed by atoms with Gasteiger partial charge in [0.05, 0.1) is 11.4 Å². The van der Waals surface area contributed by atoms with Crippen molar-refractivity contribution in [1.82, 2.24) is 5.32 Å². The van der Waals surface area contributed by atoms with Crippen LogP contribution >= 0.6 is 0 Å². The first-order valence-corrected chi connectivity index (χ1v) is 6.04. The zero-order chi connectivity index (χ0) is 12.0. The number of fused-ring (bicyclic) bond motifs is 3. The molecule has 2 aliphatic heterocycles. The summed E-state index contributed by atoms with van der Waals surface area (Å²) in [4.78, 5) is 16.3. The van der Waals surface area contributed by atoms with E-state index in [4.69, 9.17) is 0 Å². The Morgan fingerprint density at radius 3 is 3.00 bits per heavy atom. The number of aryl methyl sites for hydroxylation is 1. The number of hydrogen-bond acceptors (Lipinski definition) is 3. The number of hydrogen-bond donors (Lipinski definition) is 1. The van der Waals surface area contributed by atoms with Crippen LogP contribution in [0.2, 0.25) is 0 Å². The van der Waals surface area contributed by atoms with Gasteiger partial charge in [-0.3, -0.25) is 4.79 Å². The number of nitrogens with one attached hydrogen (secondary N) is 1. The SMILES string of the molecule is Cc1ccc2c(c1)N(C)C(=O)C1CNCCN21. The van der Waals surface area contributed by atoms with Crippen LogP contribution in [-0.2, 0) is 4.79 Å². The van der Waals surface area contributed by atoms with Gasteiger partial charge in [-0.05, 0) is 24.6 Å². The molecule has 17 heavy (non-hydrogen) atoms. The van der Waals surface area contributed by atoms with Crippen LogP contribution in [0.25, 0.3) is 0 Å². The van der Waals surface area contributed by atoms with Crippen LogP contribution in [0.3, 0.4) is 0 Å². The van der Waals surface area contributed by atoms with E-state index in [2.05, 4.69) is 35.3 Å². The molecule has 2 aliphatic rings. The number of anilines is 2. The number of piperazine rings is 1. The Hall–Kier alpha value is -1.55. The summed E-state index contributed by atoms with van der Waals surface area (Å²) in [5, 5.41) is 3.29. The summed E-state index contributed by atoms with van der Waals surface area (Å²) >= 11 is 0. The summed E-state index contributed by atoms with van der Waals surface area (Å²) in [6.45, 7) is 4.65. The third-order valence-corrected chi connectivity index (χ3v) is 3.66. The molecule has 0 aliphatic carbocycles. The van der Waals surface area contributed by atoms with E-state index in [-0.39, 0.29) is 11.9 Å². The van der Waals surface area contributed by atoms with Crippen molar-refractivity contribution in [2.45, 2.75) is 13.0 Å². The van der Waals surface area contributed by atoms with E-state index in [1.807, 2.05) is 7.05 Å². The summed E-state index contributed by atoms with van der Waals surface area (Å²) in [7, 11) is 1.87. The summed E-state index contributed by atoms with van der Waals surface area (Å²) in [6, 6.07) is 6.29. The predicted octanol–water partition coefficient (Wildman–Crippen LogP) is 0.750. The van der Waals surface area contributed by atoms with Crippen molar-refractivity contribution in [3.8, 4) is 0 Å². The average molecular weight is 231 g/mol. The quantitative estimate of drug-likeness (QED) is 0.715. The highest BCUT2D eigenvalue weighted by atomic mass is 16.2. The van der Waals surface area contributed by atoms with Gasteiger partial charge in [0.1, 0.15) is 6.04 Å². The topological polar surface area (TPSA) is 35.6 Å². The Morgan fingerprint density at radius 2 is 2.18 bits per heavy atom. The molecule has 1 aromatic rings. The fourth-order valence-corrected chi connectivity index (χ4v) is 2.70. The molecule has 0 aromatic heterocycles. The highest BCUT2D eigenvalue weighted by molar-refractivity contribution is 6.05. The second-order valence-electron chi connectivity index (χ2n) is 4.80. The lowest BCUT2D eigenvalue weighted by Gasteiger charge is -2.44. The lowest BCUT2D eigenvalue weighted by Crippen LogP contribution is -2.61. The Balaban J connectivity index is 2.12. The molecule has 3 rings (SSSR count). The average Bonchev–Trinajstić information content (AvgIpc) is 2.36. The molecule has 1 unspecified atom stereocenters. The number of rotatable bonds is 0. The molecule has 0 saturated carbocycles. The summed E-state index contributed by atoms with van der Waals surface area (Å²) in [6.07, 6.45) is 0. The first-order valence-electron chi connectivity index (χ1n) is 6.04. The standard InChI is InChI=1S/C13H17N3O/c1-9-3-4-10-11(7-9)15(2)13(17)12-8-14-5-6-16(10)12/h3-4,7,12,14H,5-6,8H2,1-2H3. The Bertz CT molecular complexity index is 472. The van der Waals surface area contributed by atoms with Crippen LogP contribution < -0.4 is 15.1 Å². The smallest absolute Gasteiger partial charge is 0.250 e.